The van der Waals surface area contributed by atoms with Gasteiger partial charge in [-0.3, -0.25) is 4.99 Å². The van der Waals surface area contributed by atoms with E-state index in [1.54, 1.807) is 13.3 Å². The molecule has 2 heterocycles. The van der Waals surface area contributed by atoms with E-state index in [9.17, 15) is 0 Å². The van der Waals surface area contributed by atoms with Crippen LogP contribution >= 0.6 is 0 Å². The Morgan fingerprint density at radius 2 is 1.88 bits per heavy atom. The normalized spacial score (nSPS) is 19.8. The standard InChI is InChI=1S/C26H34N4O2/c1-18-8-9-22-23(30(18)2)11-10-21(19(16-27)17-29-20-12-14-28-15-13-20)26(22)32-25-7-5-4-6-24(25)31-3/h4-7,10-11,16-18,20,28H,8-9,12-15,27H2,1-3H3. The number of methoxy groups -OCH3 is 1. The number of ether oxygens (including phenoxy) is 2. The zero-order valence-electron chi connectivity index (χ0n) is 19.3. The lowest BCUT2D eigenvalue weighted by Crippen LogP contribution is -2.33. The molecule has 3 N–H and O–H groups in total. The largest absolute Gasteiger partial charge is 0.493 e. The van der Waals surface area contributed by atoms with Crippen molar-refractivity contribution in [1.29, 1.82) is 0 Å². The lowest BCUT2D eigenvalue weighted by molar-refractivity contribution is 0.376. The van der Waals surface area contributed by atoms with Crippen LogP contribution in [-0.4, -0.2) is 45.5 Å². The quantitative estimate of drug-likeness (QED) is 0.660. The Kier molecular flexibility index (Phi) is 7.00. The molecule has 2 aliphatic rings. The number of nitrogens with zero attached hydrogens (tertiary/aromatic N) is 2. The molecule has 1 unspecified atom stereocenters. The number of piperidine rings is 1. The van der Waals surface area contributed by atoms with E-state index in [2.05, 4.69) is 36.3 Å². The van der Waals surface area contributed by atoms with Gasteiger partial charge in [0.1, 0.15) is 5.75 Å². The molecular weight excluding hydrogens is 400 g/mol. The van der Waals surface area contributed by atoms with Gasteiger partial charge in [-0.05, 0) is 70.0 Å². The third-order valence-electron chi connectivity index (χ3n) is 6.59. The molecule has 0 spiro atoms. The van der Waals surface area contributed by atoms with Crippen molar-refractivity contribution in [2.45, 2.75) is 44.7 Å². The molecule has 0 saturated carbocycles. The number of benzene rings is 2. The smallest absolute Gasteiger partial charge is 0.169 e. The third kappa shape index (κ3) is 4.60. The molecule has 2 aliphatic heterocycles. The fourth-order valence-electron chi connectivity index (χ4n) is 4.47. The minimum absolute atomic E-state index is 0.328. The van der Waals surface area contributed by atoms with E-state index in [-0.39, 0.29) is 0 Å². The summed E-state index contributed by atoms with van der Waals surface area (Å²) in [6.45, 7) is 4.28. The number of hydrogen-bond donors (Lipinski definition) is 2. The van der Waals surface area contributed by atoms with Crippen LogP contribution in [0, 0.1) is 0 Å². The molecule has 0 aromatic heterocycles. The molecule has 1 atom stereocenters. The topological polar surface area (TPSA) is 72.1 Å². The van der Waals surface area contributed by atoms with Gasteiger partial charge in [0, 0.05) is 47.9 Å². The van der Waals surface area contributed by atoms with E-state index in [0.29, 0.717) is 23.6 Å². The number of allylic oxidation sites excluding steroid dienone is 1. The van der Waals surface area contributed by atoms with Crippen LogP contribution in [0.4, 0.5) is 5.69 Å². The van der Waals surface area contributed by atoms with Gasteiger partial charge in [0.25, 0.3) is 0 Å². The second-order valence-corrected chi connectivity index (χ2v) is 8.57. The summed E-state index contributed by atoms with van der Waals surface area (Å²) < 4.78 is 12.1. The van der Waals surface area contributed by atoms with E-state index in [1.165, 1.54) is 11.3 Å². The highest BCUT2D eigenvalue weighted by molar-refractivity contribution is 6.11. The van der Waals surface area contributed by atoms with E-state index in [4.69, 9.17) is 20.2 Å². The number of rotatable bonds is 6. The second kappa shape index (κ2) is 10.1. The van der Waals surface area contributed by atoms with Crippen molar-refractivity contribution in [1.82, 2.24) is 5.32 Å². The van der Waals surface area contributed by atoms with Gasteiger partial charge in [-0.1, -0.05) is 12.1 Å². The molecule has 0 radical (unpaired) electrons. The summed E-state index contributed by atoms with van der Waals surface area (Å²) in [5.74, 6) is 2.23. The maximum atomic E-state index is 6.57. The molecule has 6 heteroatoms. The first-order valence-corrected chi connectivity index (χ1v) is 11.5. The summed E-state index contributed by atoms with van der Waals surface area (Å²) in [4.78, 5) is 7.17. The van der Waals surface area contributed by atoms with E-state index >= 15 is 0 Å². The van der Waals surface area contributed by atoms with Crippen molar-refractivity contribution < 1.29 is 9.47 Å². The SMILES string of the molecule is COc1ccccc1Oc1c(C(C=NC2CCNCC2)=CN)ccc2c1CCC(C)N2C. The van der Waals surface area contributed by atoms with Crippen molar-refractivity contribution in [2.24, 2.45) is 10.7 Å². The lowest BCUT2D eigenvalue weighted by atomic mass is 9.92. The summed E-state index contributed by atoms with van der Waals surface area (Å²) in [5.41, 5.74) is 10.3. The van der Waals surface area contributed by atoms with Gasteiger partial charge in [-0.15, -0.1) is 0 Å². The molecule has 6 nitrogen and oxygen atoms in total. The van der Waals surface area contributed by atoms with Crippen molar-refractivity contribution in [3.63, 3.8) is 0 Å². The summed E-state index contributed by atoms with van der Waals surface area (Å²) in [7, 11) is 3.81. The van der Waals surface area contributed by atoms with Gasteiger partial charge in [-0.2, -0.15) is 0 Å². The van der Waals surface area contributed by atoms with Gasteiger partial charge in [0.2, 0.25) is 0 Å². The average molecular weight is 435 g/mol. The molecule has 0 aliphatic carbocycles. The molecule has 2 aromatic rings. The first kappa shape index (κ1) is 22.2. The number of para-hydroxylation sites is 2. The highest BCUT2D eigenvalue weighted by Gasteiger charge is 2.26. The highest BCUT2D eigenvalue weighted by atomic mass is 16.5. The van der Waals surface area contributed by atoms with Gasteiger partial charge in [0.15, 0.2) is 11.5 Å². The fraction of sp³-hybridized carbons (Fsp3) is 0.423. The van der Waals surface area contributed by atoms with Crippen LogP contribution in [-0.2, 0) is 6.42 Å². The van der Waals surface area contributed by atoms with Gasteiger partial charge in [0.05, 0.1) is 13.2 Å². The molecule has 1 saturated heterocycles. The van der Waals surface area contributed by atoms with Gasteiger partial charge < -0.3 is 25.4 Å². The zero-order valence-corrected chi connectivity index (χ0v) is 19.3. The zero-order chi connectivity index (χ0) is 22.5. The van der Waals surface area contributed by atoms with Crippen LogP contribution in [0.15, 0.2) is 47.6 Å². The fourth-order valence-corrected chi connectivity index (χ4v) is 4.47. The number of aliphatic imine (C=N–C) groups is 1. The number of nitrogens with one attached hydrogen (secondary N) is 1. The minimum Gasteiger partial charge on any atom is -0.493 e. The Hall–Kier alpha value is -2.99. The summed E-state index contributed by atoms with van der Waals surface area (Å²) >= 11 is 0. The highest BCUT2D eigenvalue weighted by Crippen LogP contribution is 2.43. The molecule has 4 rings (SSSR count). The van der Waals surface area contributed by atoms with Gasteiger partial charge >= 0.3 is 0 Å². The van der Waals surface area contributed by atoms with Crippen LogP contribution in [0.2, 0.25) is 0 Å². The monoisotopic (exact) mass is 434 g/mol. The molecule has 2 aromatic carbocycles. The van der Waals surface area contributed by atoms with Crippen LogP contribution in [0.3, 0.4) is 0 Å². The van der Waals surface area contributed by atoms with E-state index in [1.807, 2.05) is 30.5 Å². The average Bonchev–Trinajstić information content (AvgIpc) is 2.83. The summed E-state index contributed by atoms with van der Waals surface area (Å²) in [6.07, 6.45) is 7.67. The van der Waals surface area contributed by atoms with Crippen molar-refractivity contribution in [3.05, 3.63) is 53.7 Å². The number of anilines is 1. The Balaban J connectivity index is 1.76. The Morgan fingerprint density at radius 1 is 1.12 bits per heavy atom. The molecule has 0 bridgehead atoms. The van der Waals surface area contributed by atoms with Crippen LogP contribution in [0.1, 0.15) is 37.3 Å². The molecule has 1 fully saturated rings. The lowest BCUT2D eigenvalue weighted by Gasteiger charge is -2.35. The van der Waals surface area contributed by atoms with Crippen molar-refractivity contribution in [2.75, 3.05) is 32.1 Å². The predicted octanol–water partition coefficient (Wildman–Crippen LogP) is 4.38. The summed E-state index contributed by atoms with van der Waals surface area (Å²) in [6, 6.07) is 12.8. The Bertz CT molecular complexity index is 995. The minimum atomic E-state index is 0.328. The molecule has 0 amide bonds. The second-order valence-electron chi connectivity index (χ2n) is 8.57. The number of fused-ring (bicyclic) bond motifs is 1. The predicted molar refractivity (Wildman–Crippen MR) is 132 cm³/mol. The van der Waals surface area contributed by atoms with Crippen LogP contribution in [0.5, 0.6) is 17.2 Å². The Morgan fingerprint density at radius 3 is 2.59 bits per heavy atom. The van der Waals surface area contributed by atoms with Crippen molar-refractivity contribution in [3.8, 4) is 17.2 Å². The van der Waals surface area contributed by atoms with E-state index < -0.39 is 0 Å². The summed E-state index contributed by atoms with van der Waals surface area (Å²) in [5, 5.41) is 3.39. The molecule has 170 valence electrons. The van der Waals surface area contributed by atoms with Crippen LogP contribution < -0.4 is 25.4 Å². The molecular formula is C26H34N4O2. The maximum Gasteiger partial charge on any atom is 0.169 e. The molecule has 32 heavy (non-hydrogen) atoms. The third-order valence-corrected chi connectivity index (χ3v) is 6.59. The van der Waals surface area contributed by atoms with Gasteiger partial charge in [-0.25, -0.2) is 0 Å². The number of nitrogens with two attached hydrogens (primary N) is 1. The van der Waals surface area contributed by atoms with E-state index in [0.717, 1.165) is 55.7 Å². The van der Waals surface area contributed by atoms with Crippen molar-refractivity contribution >= 4 is 17.5 Å². The maximum absolute atomic E-state index is 6.57. The Labute approximate surface area is 191 Å². The van der Waals surface area contributed by atoms with Crippen LogP contribution in [0.25, 0.3) is 5.57 Å². The first-order chi connectivity index (χ1) is 15.6. The first-order valence-electron chi connectivity index (χ1n) is 11.5. The number of hydrogen-bond acceptors (Lipinski definition) is 6.